The number of phenolic OH excluding ortho intramolecular Hbond substituents is 1. The van der Waals surface area contributed by atoms with Crippen molar-refractivity contribution < 1.29 is 9.90 Å². The predicted molar refractivity (Wildman–Crippen MR) is 67.2 cm³/mol. The van der Waals surface area contributed by atoms with E-state index >= 15 is 0 Å². The summed E-state index contributed by atoms with van der Waals surface area (Å²) in [5.74, 6) is -0.243. The molecule has 0 spiro atoms. The van der Waals surface area contributed by atoms with Crippen LogP contribution in [0, 0.1) is 6.92 Å². The molecule has 0 aliphatic rings. The average molecular weight is 226 g/mol. The molecule has 0 fully saturated rings. The van der Waals surface area contributed by atoms with Gasteiger partial charge in [-0.15, -0.1) is 0 Å². The van der Waals surface area contributed by atoms with Gasteiger partial charge in [-0.25, -0.2) is 0 Å². The molecule has 0 aliphatic carbocycles. The van der Waals surface area contributed by atoms with E-state index < -0.39 is 5.92 Å². The number of rotatable bonds is 3. The third-order valence-corrected chi connectivity index (χ3v) is 2.81. The molecule has 0 saturated heterocycles. The fourth-order valence-corrected chi connectivity index (χ4v) is 1.91. The van der Waals surface area contributed by atoms with E-state index in [0.717, 1.165) is 17.4 Å². The fraction of sp³-hybridized carbons (Fsp3) is 0.133. The Hall–Kier alpha value is -2.09. The van der Waals surface area contributed by atoms with Gasteiger partial charge in [-0.05, 0) is 18.6 Å². The largest absolute Gasteiger partial charge is 0.508 e. The molecule has 0 amide bonds. The summed E-state index contributed by atoms with van der Waals surface area (Å²) in [6, 6.07) is 14.8. The zero-order valence-electron chi connectivity index (χ0n) is 9.63. The summed E-state index contributed by atoms with van der Waals surface area (Å²) in [6.07, 6.45) is 0.865. The zero-order chi connectivity index (χ0) is 12.3. The standard InChI is InChI=1S/C15H14O2/c1-11-7-8-15(17)13(9-11)14(10-16)12-5-3-2-4-6-12/h2-10,14,17H,1H3. The van der Waals surface area contributed by atoms with E-state index in [2.05, 4.69) is 0 Å². The van der Waals surface area contributed by atoms with Crippen LogP contribution in [-0.4, -0.2) is 11.4 Å². The third-order valence-electron chi connectivity index (χ3n) is 2.81. The molecule has 2 aromatic carbocycles. The normalized spacial score (nSPS) is 12.1. The average Bonchev–Trinajstić information content (AvgIpc) is 2.36. The molecule has 0 saturated carbocycles. The van der Waals surface area contributed by atoms with Crippen molar-refractivity contribution in [2.45, 2.75) is 12.8 Å². The molecule has 86 valence electrons. The fourth-order valence-electron chi connectivity index (χ4n) is 1.91. The highest BCUT2D eigenvalue weighted by atomic mass is 16.3. The number of aromatic hydroxyl groups is 1. The van der Waals surface area contributed by atoms with Gasteiger partial charge in [-0.2, -0.15) is 0 Å². The van der Waals surface area contributed by atoms with Gasteiger partial charge in [-0.3, -0.25) is 0 Å². The lowest BCUT2D eigenvalue weighted by atomic mass is 9.91. The Morgan fingerprint density at radius 3 is 2.47 bits per heavy atom. The van der Waals surface area contributed by atoms with E-state index in [4.69, 9.17) is 0 Å². The summed E-state index contributed by atoms with van der Waals surface area (Å²) in [5.41, 5.74) is 2.58. The molecule has 1 atom stereocenters. The van der Waals surface area contributed by atoms with Gasteiger partial charge < -0.3 is 9.90 Å². The van der Waals surface area contributed by atoms with Crippen molar-refractivity contribution in [2.75, 3.05) is 0 Å². The van der Waals surface area contributed by atoms with E-state index in [1.807, 2.05) is 49.4 Å². The topological polar surface area (TPSA) is 37.3 Å². The van der Waals surface area contributed by atoms with E-state index in [1.165, 1.54) is 0 Å². The summed E-state index contributed by atoms with van der Waals surface area (Å²) in [4.78, 5) is 11.3. The Balaban J connectivity index is 2.49. The molecule has 0 heterocycles. The molecule has 2 rings (SSSR count). The Labute approximate surface area is 101 Å². The van der Waals surface area contributed by atoms with Crippen LogP contribution >= 0.6 is 0 Å². The first-order valence-corrected chi connectivity index (χ1v) is 5.52. The highest BCUT2D eigenvalue weighted by Gasteiger charge is 2.16. The van der Waals surface area contributed by atoms with Gasteiger partial charge in [0.05, 0.1) is 5.92 Å². The Kier molecular flexibility index (Phi) is 3.24. The second-order valence-corrected chi connectivity index (χ2v) is 4.09. The van der Waals surface area contributed by atoms with Crippen molar-refractivity contribution in [3.63, 3.8) is 0 Å². The van der Waals surface area contributed by atoms with Crippen LogP contribution in [0.5, 0.6) is 5.75 Å². The second kappa shape index (κ2) is 4.83. The maximum atomic E-state index is 11.3. The predicted octanol–water partition coefficient (Wildman–Crippen LogP) is 3.03. The molecule has 2 nitrogen and oxygen atoms in total. The lowest BCUT2D eigenvalue weighted by Crippen LogP contribution is -2.03. The molecule has 0 aromatic heterocycles. The van der Waals surface area contributed by atoms with Crippen LogP contribution in [0.4, 0.5) is 0 Å². The summed E-state index contributed by atoms with van der Waals surface area (Å²) in [7, 11) is 0. The summed E-state index contributed by atoms with van der Waals surface area (Å²) < 4.78 is 0. The van der Waals surface area contributed by atoms with Crippen molar-refractivity contribution in [1.82, 2.24) is 0 Å². The number of hydrogen-bond acceptors (Lipinski definition) is 2. The first-order valence-electron chi connectivity index (χ1n) is 5.52. The van der Waals surface area contributed by atoms with Crippen LogP contribution in [0.1, 0.15) is 22.6 Å². The molecule has 1 N–H and O–H groups in total. The molecule has 0 aliphatic heterocycles. The maximum absolute atomic E-state index is 11.3. The number of aldehydes is 1. The molecular weight excluding hydrogens is 212 g/mol. The Morgan fingerprint density at radius 1 is 1.12 bits per heavy atom. The molecule has 2 heteroatoms. The minimum atomic E-state index is -0.406. The summed E-state index contributed by atoms with van der Waals surface area (Å²) in [6.45, 7) is 1.94. The first kappa shape index (κ1) is 11.4. The summed E-state index contributed by atoms with van der Waals surface area (Å²) in [5, 5.41) is 9.84. The monoisotopic (exact) mass is 226 g/mol. The number of carbonyl (C=O) groups is 1. The smallest absolute Gasteiger partial charge is 0.131 e. The lowest BCUT2D eigenvalue weighted by molar-refractivity contribution is -0.108. The second-order valence-electron chi connectivity index (χ2n) is 4.09. The number of hydrogen-bond donors (Lipinski definition) is 1. The molecular formula is C15H14O2. The van der Waals surface area contributed by atoms with Crippen LogP contribution in [0.15, 0.2) is 48.5 Å². The zero-order valence-corrected chi connectivity index (χ0v) is 9.63. The third kappa shape index (κ3) is 2.36. The lowest BCUT2D eigenvalue weighted by Gasteiger charge is -2.13. The highest BCUT2D eigenvalue weighted by molar-refractivity contribution is 5.70. The van der Waals surface area contributed by atoms with Crippen molar-refractivity contribution in [2.24, 2.45) is 0 Å². The van der Waals surface area contributed by atoms with Crippen molar-refractivity contribution in [3.05, 3.63) is 65.2 Å². The van der Waals surface area contributed by atoms with Crippen LogP contribution in [0.3, 0.4) is 0 Å². The number of benzene rings is 2. The Morgan fingerprint density at radius 2 is 1.82 bits per heavy atom. The van der Waals surface area contributed by atoms with Crippen LogP contribution in [0.25, 0.3) is 0 Å². The van der Waals surface area contributed by atoms with Gasteiger partial charge >= 0.3 is 0 Å². The maximum Gasteiger partial charge on any atom is 0.131 e. The van der Waals surface area contributed by atoms with Gasteiger partial charge in [0.15, 0.2) is 0 Å². The van der Waals surface area contributed by atoms with E-state index in [-0.39, 0.29) is 5.75 Å². The highest BCUT2D eigenvalue weighted by Crippen LogP contribution is 2.30. The van der Waals surface area contributed by atoms with Crippen LogP contribution in [-0.2, 0) is 4.79 Å². The minimum Gasteiger partial charge on any atom is -0.508 e. The van der Waals surface area contributed by atoms with Gasteiger partial charge in [0.2, 0.25) is 0 Å². The van der Waals surface area contributed by atoms with Crippen molar-refractivity contribution >= 4 is 6.29 Å². The van der Waals surface area contributed by atoms with Crippen LogP contribution < -0.4 is 0 Å². The van der Waals surface area contributed by atoms with Gasteiger partial charge in [0, 0.05) is 5.56 Å². The van der Waals surface area contributed by atoms with Crippen LogP contribution in [0.2, 0.25) is 0 Å². The first-order chi connectivity index (χ1) is 8.22. The van der Waals surface area contributed by atoms with Gasteiger partial charge in [0.1, 0.15) is 12.0 Å². The quantitative estimate of drug-likeness (QED) is 0.817. The van der Waals surface area contributed by atoms with E-state index in [9.17, 15) is 9.90 Å². The van der Waals surface area contributed by atoms with E-state index in [1.54, 1.807) is 6.07 Å². The van der Waals surface area contributed by atoms with Crippen molar-refractivity contribution in [1.29, 1.82) is 0 Å². The number of aryl methyl sites for hydroxylation is 1. The summed E-state index contributed by atoms with van der Waals surface area (Å²) >= 11 is 0. The Bertz CT molecular complexity index is 518. The molecule has 2 aromatic rings. The SMILES string of the molecule is Cc1ccc(O)c(C(C=O)c2ccccc2)c1. The van der Waals surface area contributed by atoms with Crippen molar-refractivity contribution in [3.8, 4) is 5.75 Å². The molecule has 1 unspecified atom stereocenters. The van der Waals surface area contributed by atoms with Gasteiger partial charge in [-0.1, -0.05) is 48.0 Å². The van der Waals surface area contributed by atoms with E-state index in [0.29, 0.717) is 5.56 Å². The number of phenols is 1. The van der Waals surface area contributed by atoms with Gasteiger partial charge in [0.25, 0.3) is 0 Å². The minimum absolute atomic E-state index is 0.163. The molecule has 0 bridgehead atoms. The number of carbonyl (C=O) groups excluding carboxylic acids is 1. The molecule has 0 radical (unpaired) electrons. The molecule has 17 heavy (non-hydrogen) atoms.